The van der Waals surface area contributed by atoms with Crippen molar-refractivity contribution in [2.45, 2.75) is 45.0 Å². The summed E-state index contributed by atoms with van der Waals surface area (Å²) in [6.07, 6.45) is -3.01. The van der Waals surface area contributed by atoms with Gasteiger partial charge in [0.1, 0.15) is 6.61 Å². The fourth-order valence-corrected chi connectivity index (χ4v) is 4.73. The lowest BCUT2D eigenvalue weighted by Gasteiger charge is -2.26. The third-order valence-corrected chi connectivity index (χ3v) is 7.39. The Kier molecular flexibility index (Phi) is 8.75. The summed E-state index contributed by atoms with van der Waals surface area (Å²) in [6.45, 7) is 1.09. The highest BCUT2D eigenvalue weighted by molar-refractivity contribution is 5.96. The van der Waals surface area contributed by atoms with E-state index in [1.807, 2.05) is 30.3 Å². The molecule has 2 atom stereocenters. The van der Waals surface area contributed by atoms with Crippen LogP contribution in [0.3, 0.4) is 0 Å². The van der Waals surface area contributed by atoms with Crippen LogP contribution >= 0.6 is 0 Å². The van der Waals surface area contributed by atoms with Crippen LogP contribution in [0.2, 0.25) is 0 Å². The molecule has 2 unspecified atom stereocenters. The summed E-state index contributed by atoms with van der Waals surface area (Å²) in [4.78, 5) is 37.6. The molecule has 43 heavy (non-hydrogen) atoms. The topological polar surface area (TPSA) is 90.3 Å². The van der Waals surface area contributed by atoms with Crippen molar-refractivity contribution in [3.8, 4) is 11.3 Å². The molecule has 0 spiro atoms. The number of hydrogen-bond donors (Lipinski definition) is 1. The first-order valence-corrected chi connectivity index (χ1v) is 13.9. The maximum Gasteiger partial charge on any atom is 0.392 e. The van der Waals surface area contributed by atoms with E-state index >= 15 is 0 Å². The number of carbonyl (C=O) groups is 2. The van der Waals surface area contributed by atoms with Crippen molar-refractivity contribution in [2.75, 3.05) is 5.32 Å². The van der Waals surface area contributed by atoms with Crippen molar-refractivity contribution in [1.82, 2.24) is 9.78 Å². The standard InChI is InChI=1S/C33H30F3N3O4/c1-21(33(34,35)36)30(31(41)37-27-9-5-6-23(18-27)20-43-32(42)26-14-15-26)25-12-10-22(11-13-25)19-39-29(40)17-16-28(38-39)24-7-3-2-4-8-24/h2-13,16-18,21,26,30H,14-15,19-20H2,1H3,(H,37,41). The largest absolute Gasteiger partial charge is 0.461 e. The van der Waals surface area contributed by atoms with E-state index in [1.165, 1.54) is 22.9 Å². The fraction of sp³-hybridized carbons (Fsp3) is 0.273. The van der Waals surface area contributed by atoms with Crippen molar-refractivity contribution in [3.05, 3.63) is 118 Å². The Morgan fingerprint density at radius 2 is 1.67 bits per heavy atom. The Morgan fingerprint density at radius 3 is 2.35 bits per heavy atom. The van der Waals surface area contributed by atoms with Crippen molar-refractivity contribution in [1.29, 1.82) is 0 Å². The Balaban J connectivity index is 1.33. The van der Waals surface area contributed by atoms with Gasteiger partial charge >= 0.3 is 12.1 Å². The van der Waals surface area contributed by atoms with Crippen LogP contribution in [0.5, 0.6) is 0 Å². The first kappa shape index (κ1) is 29.8. The van der Waals surface area contributed by atoms with E-state index in [9.17, 15) is 27.6 Å². The third-order valence-electron chi connectivity index (χ3n) is 7.39. The normalized spacial score (nSPS) is 14.5. The fourth-order valence-electron chi connectivity index (χ4n) is 4.73. The summed E-state index contributed by atoms with van der Waals surface area (Å²) in [5.41, 5.74) is 2.84. The Labute approximate surface area is 246 Å². The lowest BCUT2D eigenvalue weighted by atomic mass is 9.85. The molecule has 222 valence electrons. The number of anilines is 1. The number of halogens is 3. The first-order valence-electron chi connectivity index (χ1n) is 13.9. The highest BCUT2D eigenvalue weighted by Gasteiger charge is 2.45. The Morgan fingerprint density at radius 1 is 0.953 bits per heavy atom. The van der Waals surface area contributed by atoms with E-state index in [4.69, 9.17) is 4.74 Å². The van der Waals surface area contributed by atoms with Crippen molar-refractivity contribution in [2.24, 2.45) is 11.8 Å². The predicted octanol–water partition coefficient (Wildman–Crippen LogP) is 6.33. The number of rotatable bonds is 10. The Bertz CT molecular complexity index is 1650. The van der Waals surface area contributed by atoms with Gasteiger partial charge in [0, 0.05) is 17.3 Å². The summed E-state index contributed by atoms with van der Waals surface area (Å²) in [5.74, 6) is -4.67. The summed E-state index contributed by atoms with van der Waals surface area (Å²) in [7, 11) is 0. The molecule has 3 aromatic carbocycles. The minimum absolute atomic E-state index is 0.00902. The molecule has 0 aliphatic heterocycles. The van der Waals surface area contributed by atoms with Gasteiger partial charge in [-0.2, -0.15) is 18.3 Å². The molecular formula is C33H30F3N3O4. The SMILES string of the molecule is CC(C(C(=O)Nc1cccc(COC(=O)C2CC2)c1)c1ccc(Cn2nc(-c3ccccc3)ccc2=O)cc1)C(F)(F)F. The third kappa shape index (κ3) is 7.57. The Hall–Kier alpha value is -4.73. The minimum Gasteiger partial charge on any atom is -0.461 e. The van der Waals surface area contributed by atoms with Crippen molar-refractivity contribution >= 4 is 17.6 Å². The highest BCUT2D eigenvalue weighted by atomic mass is 19.4. The molecule has 1 aliphatic carbocycles. The molecular weight excluding hydrogens is 559 g/mol. The minimum atomic E-state index is -4.63. The van der Waals surface area contributed by atoms with Crippen LogP contribution in [0, 0.1) is 11.8 Å². The highest BCUT2D eigenvalue weighted by Crippen LogP contribution is 2.38. The molecule has 0 saturated heterocycles. The van der Waals surface area contributed by atoms with Gasteiger partial charge in [-0.1, -0.05) is 73.7 Å². The van der Waals surface area contributed by atoms with E-state index in [2.05, 4.69) is 10.4 Å². The van der Waals surface area contributed by atoms with Gasteiger partial charge in [0.15, 0.2) is 0 Å². The van der Waals surface area contributed by atoms with Gasteiger partial charge in [-0.15, -0.1) is 0 Å². The van der Waals surface area contributed by atoms with E-state index in [0.29, 0.717) is 22.5 Å². The first-order chi connectivity index (χ1) is 20.6. The monoisotopic (exact) mass is 589 g/mol. The molecule has 10 heteroatoms. The second-order valence-electron chi connectivity index (χ2n) is 10.7. The van der Waals surface area contributed by atoms with Crippen molar-refractivity contribution in [3.63, 3.8) is 0 Å². The molecule has 0 bridgehead atoms. The maximum absolute atomic E-state index is 13.9. The number of benzene rings is 3. The van der Waals surface area contributed by atoms with Gasteiger partial charge in [-0.05, 0) is 47.7 Å². The molecule has 1 amide bonds. The van der Waals surface area contributed by atoms with Crippen LogP contribution in [0.25, 0.3) is 11.3 Å². The number of carbonyl (C=O) groups excluding carboxylic acids is 2. The van der Waals surface area contributed by atoms with Crippen LogP contribution in [-0.4, -0.2) is 27.8 Å². The van der Waals surface area contributed by atoms with Gasteiger partial charge in [0.05, 0.1) is 30.0 Å². The smallest absolute Gasteiger partial charge is 0.392 e. The summed E-state index contributed by atoms with van der Waals surface area (Å²) in [5, 5.41) is 7.04. The zero-order valence-electron chi connectivity index (χ0n) is 23.4. The lowest BCUT2D eigenvalue weighted by molar-refractivity contribution is -0.178. The van der Waals surface area contributed by atoms with Gasteiger partial charge in [0.25, 0.3) is 5.56 Å². The number of nitrogens with zero attached hydrogens (tertiary/aromatic N) is 2. The molecule has 0 radical (unpaired) electrons. The molecule has 1 aromatic heterocycles. The number of esters is 1. The molecule has 1 aliphatic rings. The van der Waals surface area contributed by atoms with Crippen molar-refractivity contribution < 1.29 is 27.5 Å². The van der Waals surface area contributed by atoms with Gasteiger partial charge in [-0.3, -0.25) is 14.4 Å². The molecule has 1 fully saturated rings. The number of alkyl halides is 3. The second-order valence-corrected chi connectivity index (χ2v) is 10.7. The predicted molar refractivity (Wildman–Crippen MR) is 155 cm³/mol. The van der Waals surface area contributed by atoms with Crippen LogP contribution in [0.1, 0.15) is 42.4 Å². The van der Waals surface area contributed by atoms with Gasteiger partial charge in [0.2, 0.25) is 5.91 Å². The number of ether oxygens (including phenoxy) is 1. The average Bonchev–Trinajstić information content (AvgIpc) is 3.84. The van der Waals surface area contributed by atoms with Crippen LogP contribution in [0.4, 0.5) is 18.9 Å². The zero-order valence-corrected chi connectivity index (χ0v) is 23.4. The van der Waals surface area contributed by atoms with Crippen LogP contribution < -0.4 is 10.9 Å². The summed E-state index contributed by atoms with van der Waals surface area (Å²) in [6, 6.07) is 25.0. The molecule has 1 N–H and O–H groups in total. The number of amides is 1. The molecule has 1 heterocycles. The van der Waals surface area contributed by atoms with E-state index in [0.717, 1.165) is 25.3 Å². The average molecular weight is 590 g/mol. The van der Waals surface area contributed by atoms with E-state index in [1.54, 1.807) is 42.5 Å². The number of aromatic nitrogens is 2. The lowest BCUT2D eigenvalue weighted by Crippen LogP contribution is -2.34. The van der Waals surface area contributed by atoms with Gasteiger partial charge < -0.3 is 10.1 Å². The molecule has 7 nitrogen and oxygen atoms in total. The second kappa shape index (κ2) is 12.6. The number of nitrogens with one attached hydrogen (secondary N) is 1. The van der Waals surface area contributed by atoms with Gasteiger partial charge in [-0.25, -0.2) is 4.68 Å². The molecule has 1 saturated carbocycles. The van der Waals surface area contributed by atoms with E-state index < -0.39 is 23.9 Å². The number of hydrogen-bond acceptors (Lipinski definition) is 5. The maximum atomic E-state index is 13.9. The molecule has 4 aromatic rings. The van der Waals surface area contributed by atoms with E-state index in [-0.39, 0.29) is 36.2 Å². The van der Waals surface area contributed by atoms with Crippen LogP contribution in [0.15, 0.2) is 95.8 Å². The summed E-state index contributed by atoms with van der Waals surface area (Å²) >= 11 is 0. The quantitative estimate of drug-likeness (QED) is 0.218. The van der Waals surface area contributed by atoms with Crippen LogP contribution in [-0.2, 0) is 27.5 Å². The molecule has 5 rings (SSSR count). The summed E-state index contributed by atoms with van der Waals surface area (Å²) < 4.78 is 48.3. The zero-order chi connectivity index (χ0) is 30.6.